The molecule has 0 saturated carbocycles. The second-order valence-electron chi connectivity index (χ2n) is 8.01. The maximum absolute atomic E-state index is 12.6. The molecule has 1 aliphatic rings. The Morgan fingerprint density at radius 1 is 1.11 bits per heavy atom. The Bertz CT molecular complexity index is 764. The molecule has 3 rings (SSSR count). The summed E-state index contributed by atoms with van der Waals surface area (Å²) in [6.45, 7) is 9.62. The van der Waals surface area contributed by atoms with Crippen molar-refractivity contribution in [2.75, 3.05) is 19.7 Å². The van der Waals surface area contributed by atoms with E-state index in [1.54, 1.807) is 0 Å². The first-order chi connectivity index (χ1) is 13.5. The SMILES string of the molecule is Cc1ccc(OCC(C)NC(=O)C2CCN(Cc3ccccc3C)CC2)cc1. The smallest absolute Gasteiger partial charge is 0.223 e. The molecule has 1 atom stereocenters. The van der Waals surface area contributed by atoms with Crippen LogP contribution in [0.5, 0.6) is 5.75 Å². The third kappa shape index (κ3) is 5.83. The zero-order valence-corrected chi connectivity index (χ0v) is 17.3. The number of carbonyl (C=O) groups is 1. The summed E-state index contributed by atoms with van der Waals surface area (Å²) in [5, 5.41) is 3.12. The van der Waals surface area contributed by atoms with Gasteiger partial charge in [-0.3, -0.25) is 9.69 Å². The summed E-state index contributed by atoms with van der Waals surface area (Å²) < 4.78 is 5.78. The third-order valence-corrected chi connectivity index (χ3v) is 5.52. The molecule has 0 spiro atoms. The van der Waals surface area contributed by atoms with Crippen LogP contribution in [-0.2, 0) is 11.3 Å². The molecule has 1 heterocycles. The van der Waals surface area contributed by atoms with Crippen LogP contribution in [0.4, 0.5) is 0 Å². The number of aryl methyl sites for hydroxylation is 2. The number of nitrogens with zero attached hydrogens (tertiary/aromatic N) is 1. The van der Waals surface area contributed by atoms with E-state index in [4.69, 9.17) is 4.74 Å². The van der Waals surface area contributed by atoms with E-state index in [0.29, 0.717) is 6.61 Å². The van der Waals surface area contributed by atoms with Gasteiger partial charge in [0.25, 0.3) is 0 Å². The van der Waals surface area contributed by atoms with E-state index >= 15 is 0 Å². The first-order valence-corrected chi connectivity index (χ1v) is 10.3. The number of piperidine rings is 1. The number of carbonyl (C=O) groups excluding carboxylic acids is 1. The van der Waals surface area contributed by atoms with Gasteiger partial charge in [0.1, 0.15) is 12.4 Å². The summed E-state index contributed by atoms with van der Waals surface area (Å²) in [6.07, 6.45) is 1.84. The molecule has 0 aromatic heterocycles. The van der Waals surface area contributed by atoms with Gasteiger partial charge in [-0.1, -0.05) is 42.0 Å². The molecule has 4 nitrogen and oxygen atoms in total. The number of likely N-dealkylation sites (tertiary alicyclic amines) is 1. The molecule has 1 aliphatic heterocycles. The van der Waals surface area contributed by atoms with Gasteiger partial charge in [0.05, 0.1) is 6.04 Å². The van der Waals surface area contributed by atoms with Crippen LogP contribution in [0.15, 0.2) is 48.5 Å². The molecule has 150 valence electrons. The molecule has 0 bridgehead atoms. The Labute approximate surface area is 168 Å². The molecule has 4 heteroatoms. The van der Waals surface area contributed by atoms with Crippen molar-refractivity contribution in [2.45, 2.75) is 46.2 Å². The topological polar surface area (TPSA) is 41.6 Å². The van der Waals surface area contributed by atoms with Crippen LogP contribution >= 0.6 is 0 Å². The molecule has 2 aromatic rings. The van der Waals surface area contributed by atoms with Gasteiger partial charge in [0.15, 0.2) is 0 Å². The normalized spacial score (nSPS) is 16.5. The maximum Gasteiger partial charge on any atom is 0.223 e. The summed E-state index contributed by atoms with van der Waals surface area (Å²) in [6, 6.07) is 16.5. The third-order valence-electron chi connectivity index (χ3n) is 5.52. The molecule has 1 fully saturated rings. The predicted molar refractivity (Wildman–Crippen MR) is 113 cm³/mol. The van der Waals surface area contributed by atoms with E-state index in [1.165, 1.54) is 16.7 Å². The van der Waals surface area contributed by atoms with Crippen molar-refractivity contribution in [3.05, 3.63) is 65.2 Å². The first kappa shape index (κ1) is 20.4. The lowest BCUT2D eigenvalue weighted by atomic mass is 9.95. The highest BCUT2D eigenvalue weighted by atomic mass is 16.5. The van der Waals surface area contributed by atoms with Crippen LogP contribution in [0.2, 0.25) is 0 Å². The monoisotopic (exact) mass is 380 g/mol. The number of rotatable bonds is 7. The Morgan fingerprint density at radius 3 is 2.46 bits per heavy atom. The summed E-state index contributed by atoms with van der Waals surface area (Å²) >= 11 is 0. The Morgan fingerprint density at radius 2 is 1.79 bits per heavy atom. The van der Waals surface area contributed by atoms with Crippen LogP contribution < -0.4 is 10.1 Å². The van der Waals surface area contributed by atoms with Gasteiger partial charge in [-0.2, -0.15) is 0 Å². The van der Waals surface area contributed by atoms with E-state index in [-0.39, 0.29) is 17.9 Å². The minimum atomic E-state index is -0.00111. The van der Waals surface area contributed by atoms with Gasteiger partial charge >= 0.3 is 0 Å². The lowest BCUT2D eigenvalue weighted by Crippen LogP contribution is -2.44. The molecule has 28 heavy (non-hydrogen) atoms. The van der Waals surface area contributed by atoms with E-state index in [1.807, 2.05) is 31.2 Å². The number of benzene rings is 2. The van der Waals surface area contributed by atoms with Crippen molar-refractivity contribution in [3.63, 3.8) is 0 Å². The highest BCUT2D eigenvalue weighted by Crippen LogP contribution is 2.20. The maximum atomic E-state index is 12.6. The fourth-order valence-electron chi connectivity index (χ4n) is 3.64. The molecule has 1 N–H and O–H groups in total. The standard InChI is InChI=1S/C24H32N2O2/c1-18-8-10-23(11-9-18)28-17-20(3)25-24(27)21-12-14-26(15-13-21)16-22-7-5-4-6-19(22)2/h4-11,20-21H,12-17H2,1-3H3,(H,25,27). The van der Waals surface area contributed by atoms with Crippen molar-refractivity contribution in [2.24, 2.45) is 5.92 Å². The Hall–Kier alpha value is -2.33. The summed E-state index contributed by atoms with van der Waals surface area (Å²) in [5.74, 6) is 1.11. The molecule has 0 aliphatic carbocycles. The quantitative estimate of drug-likeness (QED) is 0.786. The number of hydrogen-bond donors (Lipinski definition) is 1. The second kappa shape index (κ2) is 9.74. The molecule has 1 amide bonds. The Kier molecular flexibility index (Phi) is 7.10. The first-order valence-electron chi connectivity index (χ1n) is 10.3. The van der Waals surface area contributed by atoms with Crippen molar-refractivity contribution in [3.8, 4) is 5.75 Å². The van der Waals surface area contributed by atoms with E-state index in [2.05, 4.69) is 48.3 Å². The number of nitrogens with one attached hydrogen (secondary N) is 1. The van der Waals surface area contributed by atoms with Gasteiger partial charge in [0.2, 0.25) is 5.91 Å². The molecular formula is C24H32N2O2. The minimum absolute atomic E-state index is 0.00111. The summed E-state index contributed by atoms with van der Waals surface area (Å²) in [4.78, 5) is 15.1. The van der Waals surface area contributed by atoms with Crippen molar-refractivity contribution < 1.29 is 9.53 Å². The molecule has 1 unspecified atom stereocenters. The molecule has 1 saturated heterocycles. The summed E-state index contributed by atoms with van der Waals surface area (Å²) in [7, 11) is 0. The van der Waals surface area contributed by atoms with E-state index in [9.17, 15) is 4.79 Å². The Balaban J connectivity index is 1.39. The number of amides is 1. The predicted octanol–water partition coefficient (Wildman–Crippen LogP) is 4.10. The minimum Gasteiger partial charge on any atom is -0.491 e. The largest absolute Gasteiger partial charge is 0.491 e. The van der Waals surface area contributed by atoms with Crippen LogP contribution in [0.1, 0.15) is 36.5 Å². The van der Waals surface area contributed by atoms with Gasteiger partial charge in [-0.05, 0) is 70.0 Å². The fraction of sp³-hybridized carbons (Fsp3) is 0.458. The average Bonchev–Trinajstić information content (AvgIpc) is 2.70. The van der Waals surface area contributed by atoms with Crippen molar-refractivity contribution in [1.82, 2.24) is 10.2 Å². The highest BCUT2D eigenvalue weighted by molar-refractivity contribution is 5.79. The number of hydrogen-bond acceptors (Lipinski definition) is 3. The second-order valence-corrected chi connectivity index (χ2v) is 8.01. The van der Waals surface area contributed by atoms with Crippen molar-refractivity contribution in [1.29, 1.82) is 0 Å². The zero-order valence-electron chi connectivity index (χ0n) is 17.3. The summed E-state index contributed by atoms with van der Waals surface area (Å²) in [5.41, 5.74) is 3.93. The lowest BCUT2D eigenvalue weighted by molar-refractivity contribution is -0.127. The van der Waals surface area contributed by atoms with Crippen molar-refractivity contribution >= 4 is 5.91 Å². The van der Waals surface area contributed by atoms with Crippen LogP contribution in [0, 0.1) is 19.8 Å². The highest BCUT2D eigenvalue weighted by Gasteiger charge is 2.26. The van der Waals surface area contributed by atoms with E-state index < -0.39 is 0 Å². The molecule has 2 aromatic carbocycles. The fourth-order valence-corrected chi connectivity index (χ4v) is 3.64. The lowest BCUT2D eigenvalue weighted by Gasteiger charge is -2.32. The van der Waals surface area contributed by atoms with E-state index in [0.717, 1.165) is 38.2 Å². The number of ether oxygens (including phenoxy) is 1. The van der Waals surface area contributed by atoms with Crippen LogP contribution in [0.25, 0.3) is 0 Å². The zero-order chi connectivity index (χ0) is 19.9. The van der Waals surface area contributed by atoms with Gasteiger partial charge in [-0.25, -0.2) is 0 Å². The van der Waals surface area contributed by atoms with Crippen LogP contribution in [0.3, 0.4) is 0 Å². The van der Waals surface area contributed by atoms with Gasteiger partial charge in [0, 0.05) is 12.5 Å². The molecule has 0 radical (unpaired) electrons. The van der Waals surface area contributed by atoms with Gasteiger partial charge < -0.3 is 10.1 Å². The molecular weight excluding hydrogens is 348 g/mol. The van der Waals surface area contributed by atoms with Gasteiger partial charge in [-0.15, -0.1) is 0 Å². The van der Waals surface area contributed by atoms with Crippen LogP contribution in [-0.4, -0.2) is 36.5 Å². The average molecular weight is 381 g/mol.